The lowest BCUT2D eigenvalue weighted by Crippen LogP contribution is -2.40. The number of aromatic nitrogens is 2. The van der Waals surface area contributed by atoms with E-state index in [1.807, 2.05) is 11.0 Å². The summed E-state index contributed by atoms with van der Waals surface area (Å²) in [6, 6.07) is 6.96. The van der Waals surface area contributed by atoms with E-state index in [1.165, 1.54) is 0 Å². The van der Waals surface area contributed by atoms with Crippen molar-refractivity contribution in [1.29, 1.82) is 0 Å². The minimum absolute atomic E-state index is 0.00658. The smallest absolute Gasteiger partial charge is 0.335 e. The zero-order chi connectivity index (χ0) is 17.1. The van der Waals surface area contributed by atoms with Gasteiger partial charge in [-0.2, -0.15) is 0 Å². The molecule has 126 valence electrons. The molecule has 7 nitrogen and oxygen atoms in total. The maximum Gasteiger partial charge on any atom is 0.335 e. The first-order valence-electron chi connectivity index (χ1n) is 7.93. The van der Waals surface area contributed by atoms with Crippen molar-refractivity contribution in [3.63, 3.8) is 0 Å². The van der Waals surface area contributed by atoms with Crippen LogP contribution in [0.15, 0.2) is 28.9 Å². The quantitative estimate of drug-likeness (QED) is 0.922. The monoisotopic (exact) mass is 329 g/mol. The Hall–Kier alpha value is -2.70. The lowest BCUT2D eigenvalue weighted by atomic mass is 9.89. The van der Waals surface area contributed by atoms with Crippen LogP contribution in [0.5, 0.6) is 0 Å². The van der Waals surface area contributed by atoms with Gasteiger partial charge in [0.1, 0.15) is 11.4 Å². The van der Waals surface area contributed by atoms with Crippen LogP contribution in [0.3, 0.4) is 0 Å². The van der Waals surface area contributed by atoms with Crippen LogP contribution in [0.1, 0.15) is 46.1 Å². The Morgan fingerprint density at radius 1 is 1.38 bits per heavy atom. The number of hydrogen-bond donors (Lipinski definition) is 1. The van der Waals surface area contributed by atoms with Crippen molar-refractivity contribution in [3.8, 4) is 0 Å². The first-order chi connectivity index (χ1) is 11.5. The normalized spacial score (nSPS) is 17.7. The number of amides is 1. The Kier molecular flexibility index (Phi) is 4.59. The van der Waals surface area contributed by atoms with E-state index < -0.39 is 5.97 Å². The molecule has 1 amide bonds. The van der Waals surface area contributed by atoms with Gasteiger partial charge < -0.3 is 10.0 Å². The van der Waals surface area contributed by atoms with Gasteiger partial charge in [0.25, 0.3) is 0 Å². The number of carbonyl (C=O) groups is 2. The molecular formula is C17H19N3O4. The zero-order valence-electron chi connectivity index (χ0n) is 13.4. The molecule has 1 atom stereocenters. The van der Waals surface area contributed by atoms with Crippen LogP contribution in [0.2, 0.25) is 0 Å². The predicted octanol–water partition coefficient (Wildman–Crippen LogP) is 2.02. The first kappa shape index (κ1) is 16.2. The summed E-state index contributed by atoms with van der Waals surface area (Å²) in [7, 11) is 0. The molecule has 0 unspecified atom stereocenters. The summed E-state index contributed by atoms with van der Waals surface area (Å²) in [5, 5.41) is 16.6. The largest absolute Gasteiger partial charge is 0.478 e. The second-order valence-corrected chi connectivity index (χ2v) is 6.08. The van der Waals surface area contributed by atoms with Gasteiger partial charge in [-0.1, -0.05) is 22.4 Å². The molecule has 1 saturated heterocycles. The lowest BCUT2D eigenvalue weighted by molar-refractivity contribution is -0.131. The number of piperidine rings is 1. The molecule has 1 N–H and O–H groups in total. The van der Waals surface area contributed by atoms with Crippen LogP contribution < -0.4 is 0 Å². The number of carbonyl (C=O) groups excluding carboxylic acids is 1. The van der Waals surface area contributed by atoms with Gasteiger partial charge >= 0.3 is 5.97 Å². The van der Waals surface area contributed by atoms with Crippen LogP contribution >= 0.6 is 0 Å². The Morgan fingerprint density at radius 2 is 2.21 bits per heavy atom. The van der Waals surface area contributed by atoms with Crippen LogP contribution in [-0.4, -0.2) is 45.3 Å². The second-order valence-electron chi connectivity index (χ2n) is 6.08. The molecule has 1 aliphatic heterocycles. The van der Waals surface area contributed by atoms with E-state index >= 15 is 0 Å². The van der Waals surface area contributed by atoms with Crippen molar-refractivity contribution in [2.24, 2.45) is 0 Å². The minimum atomic E-state index is -0.936. The molecule has 1 aliphatic rings. The number of aromatic carboxylic acids is 1. The Labute approximate surface area is 139 Å². The van der Waals surface area contributed by atoms with Crippen molar-refractivity contribution < 1.29 is 19.3 Å². The number of hydrogen-bond acceptors (Lipinski definition) is 5. The Balaban J connectivity index is 1.70. The molecule has 0 aliphatic carbocycles. The number of aryl methyl sites for hydroxylation is 1. The van der Waals surface area contributed by atoms with Gasteiger partial charge in [-0.15, -0.1) is 0 Å². The van der Waals surface area contributed by atoms with Gasteiger partial charge in [0.15, 0.2) is 0 Å². The van der Waals surface area contributed by atoms with Gasteiger partial charge in [-0.3, -0.25) is 4.79 Å². The highest BCUT2D eigenvalue weighted by Gasteiger charge is 2.26. The number of carboxylic acids is 1. The molecule has 1 aromatic heterocycles. The van der Waals surface area contributed by atoms with E-state index in [2.05, 4.69) is 14.9 Å². The summed E-state index contributed by atoms with van der Waals surface area (Å²) in [5.74, 6) is -0.791. The summed E-state index contributed by atoms with van der Waals surface area (Å²) in [6.45, 7) is 3.06. The van der Waals surface area contributed by atoms with Crippen LogP contribution in [0.25, 0.3) is 0 Å². The number of carboxylic acid groups (broad SMARTS) is 1. The highest BCUT2D eigenvalue weighted by Crippen LogP contribution is 2.28. The fourth-order valence-electron chi connectivity index (χ4n) is 3.07. The molecular weight excluding hydrogens is 310 g/mol. The van der Waals surface area contributed by atoms with E-state index in [4.69, 9.17) is 5.11 Å². The number of rotatable bonds is 4. The standard InChI is InChI=1S/C17H19N3O4/c1-11-15(19-24-18-11)9-16(21)20-7-3-6-14(10-20)12-4-2-5-13(8-12)17(22)23/h2,4-5,8,14H,3,6-7,9-10H2,1H3,(H,22,23)/t14-/m1/s1. The van der Waals surface area contributed by atoms with Crippen molar-refractivity contribution in [1.82, 2.24) is 15.2 Å². The van der Waals surface area contributed by atoms with Crippen molar-refractivity contribution in [3.05, 3.63) is 46.8 Å². The number of likely N-dealkylation sites (tertiary alicyclic amines) is 1. The van der Waals surface area contributed by atoms with Crippen molar-refractivity contribution in [2.75, 3.05) is 13.1 Å². The van der Waals surface area contributed by atoms with E-state index in [0.717, 1.165) is 18.4 Å². The maximum atomic E-state index is 12.5. The fourth-order valence-corrected chi connectivity index (χ4v) is 3.07. The van der Waals surface area contributed by atoms with E-state index in [-0.39, 0.29) is 23.8 Å². The molecule has 1 fully saturated rings. The van der Waals surface area contributed by atoms with Crippen molar-refractivity contribution in [2.45, 2.75) is 32.1 Å². The van der Waals surface area contributed by atoms with E-state index in [0.29, 0.717) is 24.5 Å². The molecule has 7 heteroatoms. The molecule has 3 rings (SSSR count). The van der Waals surface area contributed by atoms with E-state index in [9.17, 15) is 9.59 Å². The summed E-state index contributed by atoms with van der Waals surface area (Å²) < 4.78 is 4.63. The number of nitrogens with zero attached hydrogens (tertiary/aromatic N) is 3. The molecule has 2 heterocycles. The number of benzene rings is 1. The predicted molar refractivity (Wildman–Crippen MR) is 84.7 cm³/mol. The molecule has 1 aromatic carbocycles. The topological polar surface area (TPSA) is 96.5 Å². The first-order valence-corrected chi connectivity index (χ1v) is 7.93. The highest BCUT2D eigenvalue weighted by atomic mass is 16.6. The Bertz CT molecular complexity index is 756. The molecule has 24 heavy (non-hydrogen) atoms. The maximum absolute atomic E-state index is 12.5. The average molecular weight is 329 g/mol. The van der Waals surface area contributed by atoms with Crippen molar-refractivity contribution >= 4 is 11.9 Å². The van der Waals surface area contributed by atoms with Crippen LogP contribution in [0, 0.1) is 6.92 Å². The van der Waals surface area contributed by atoms with Gasteiger partial charge in [0.05, 0.1) is 12.0 Å². The Morgan fingerprint density at radius 3 is 2.92 bits per heavy atom. The van der Waals surface area contributed by atoms with Gasteiger partial charge in [0.2, 0.25) is 5.91 Å². The molecule has 2 aromatic rings. The molecule has 0 spiro atoms. The van der Waals surface area contributed by atoms with Gasteiger partial charge in [-0.05, 0) is 37.5 Å². The third-order valence-corrected chi connectivity index (χ3v) is 4.44. The second kappa shape index (κ2) is 6.82. The molecule has 0 saturated carbocycles. The highest BCUT2D eigenvalue weighted by molar-refractivity contribution is 5.87. The SMILES string of the molecule is Cc1nonc1CC(=O)N1CCC[C@@H](c2cccc(C(=O)O)c2)C1. The third kappa shape index (κ3) is 3.45. The van der Waals surface area contributed by atoms with Gasteiger partial charge in [0, 0.05) is 19.0 Å². The lowest BCUT2D eigenvalue weighted by Gasteiger charge is -2.33. The fraction of sp³-hybridized carbons (Fsp3) is 0.412. The van der Waals surface area contributed by atoms with Crippen LogP contribution in [0.4, 0.5) is 0 Å². The molecule has 0 bridgehead atoms. The summed E-state index contributed by atoms with van der Waals surface area (Å²) >= 11 is 0. The van der Waals surface area contributed by atoms with Gasteiger partial charge in [-0.25, -0.2) is 9.42 Å². The average Bonchev–Trinajstić information content (AvgIpc) is 3.00. The molecule has 0 radical (unpaired) electrons. The zero-order valence-corrected chi connectivity index (χ0v) is 13.4. The third-order valence-electron chi connectivity index (χ3n) is 4.44. The van der Waals surface area contributed by atoms with Crippen LogP contribution in [-0.2, 0) is 11.2 Å². The summed E-state index contributed by atoms with van der Waals surface area (Å²) in [5.41, 5.74) is 2.44. The summed E-state index contributed by atoms with van der Waals surface area (Å²) in [4.78, 5) is 25.4. The summed E-state index contributed by atoms with van der Waals surface area (Å²) in [6.07, 6.45) is 2.01. The van der Waals surface area contributed by atoms with E-state index in [1.54, 1.807) is 25.1 Å². The minimum Gasteiger partial charge on any atom is -0.478 e.